The summed E-state index contributed by atoms with van der Waals surface area (Å²) in [6.07, 6.45) is 13.8. The van der Waals surface area contributed by atoms with Crippen LogP contribution in [0.5, 0.6) is 0 Å². The minimum Gasteiger partial charge on any atom is -0.393 e. The molecule has 0 aliphatic heterocycles. The molecule has 0 amide bonds. The van der Waals surface area contributed by atoms with E-state index in [-0.39, 0.29) is 11.5 Å². The molecule has 2 aliphatic rings. The third-order valence-corrected chi connectivity index (χ3v) is 5.81. The Bertz CT molecular complexity index is 257. The lowest BCUT2D eigenvalue weighted by atomic mass is 9.82. The first kappa shape index (κ1) is 16.3. The highest BCUT2D eigenvalue weighted by Crippen LogP contribution is 2.33. The van der Waals surface area contributed by atoms with Crippen LogP contribution in [0, 0.1) is 5.41 Å². The van der Waals surface area contributed by atoms with E-state index in [0.717, 1.165) is 18.6 Å². The van der Waals surface area contributed by atoms with E-state index in [1.54, 1.807) is 0 Å². The molecule has 2 nitrogen and oxygen atoms in total. The van der Waals surface area contributed by atoms with E-state index in [2.05, 4.69) is 18.7 Å². The summed E-state index contributed by atoms with van der Waals surface area (Å²) in [5.74, 6) is 0. The highest BCUT2D eigenvalue weighted by molar-refractivity contribution is 4.88. The molecule has 2 aliphatic carbocycles. The van der Waals surface area contributed by atoms with E-state index >= 15 is 0 Å². The Balaban J connectivity index is 2.05. The maximum atomic E-state index is 10.1. The third kappa shape index (κ3) is 4.21. The fourth-order valence-electron chi connectivity index (χ4n) is 3.98. The van der Waals surface area contributed by atoms with Gasteiger partial charge in [-0.15, -0.1) is 0 Å². The summed E-state index contributed by atoms with van der Waals surface area (Å²) in [6.45, 7) is 7.49. The molecule has 20 heavy (non-hydrogen) atoms. The molecule has 1 N–H and O–H groups in total. The Kier molecular flexibility index (Phi) is 5.92. The molecule has 0 aromatic rings. The number of aliphatic hydroxyl groups is 1. The van der Waals surface area contributed by atoms with Crippen LogP contribution in [0.2, 0.25) is 0 Å². The standard InChI is InChI=1S/C18H35NO/c1-15(20)18(2,3)14-19(16-10-6-4-7-11-16)17-12-8-5-9-13-17/h15-17,20H,4-14H2,1-3H3. The topological polar surface area (TPSA) is 23.5 Å². The fourth-order valence-corrected chi connectivity index (χ4v) is 3.98. The average molecular weight is 281 g/mol. The maximum Gasteiger partial charge on any atom is 0.0575 e. The van der Waals surface area contributed by atoms with Crippen molar-refractivity contribution in [2.75, 3.05) is 6.54 Å². The molecule has 2 rings (SSSR count). The van der Waals surface area contributed by atoms with E-state index in [1.807, 2.05) is 6.92 Å². The zero-order valence-electron chi connectivity index (χ0n) is 13.9. The summed E-state index contributed by atoms with van der Waals surface area (Å²) < 4.78 is 0. The Labute approximate surface area is 125 Å². The molecule has 0 bridgehead atoms. The van der Waals surface area contributed by atoms with Crippen molar-refractivity contribution < 1.29 is 5.11 Å². The largest absolute Gasteiger partial charge is 0.393 e. The monoisotopic (exact) mass is 281 g/mol. The number of hydrogen-bond acceptors (Lipinski definition) is 2. The lowest BCUT2D eigenvalue weighted by Gasteiger charge is -2.46. The predicted molar refractivity (Wildman–Crippen MR) is 85.9 cm³/mol. The third-order valence-electron chi connectivity index (χ3n) is 5.81. The Morgan fingerprint density at radius 3 is 1.65 bits per heavy atom. The molecule has 1 unspecified atom stereocenters. The summed E-state index contributed by atoms with van der Waals surface area (Å²) in [4.78, 5) is 2.81. The number of rotatable bonds is 5. The van der Waals surface area contributed by atoms with E-state index in [9.17, 15) is 5.11 Å². The first-order chi connectivity index (χ1) is 9.50. The number of aliphatic hydroxyl groups excluding tert-OH is 1. The number of nitrogens with zero attached hydrogens (tertiary/aromatic N) is 1. The minimum atomic E-state index is -0.225. The summed E-state index contributed by atoms with van der Waals surface area (Å²) in [5, 5.41) is 10.1. The van der Waals surface area contributed by atoms with Crippen LogP contribution < -0.4 is 0 Å². The summed E-state index contributed by atoms with van der Waals surface area (Å²) in [7, 11) is 0. The molecule has 0 heterocycles. The highest BCUT2D eigenvalue weighted by Gasteiger charge is 2.34. The molecule has 0 spiro atoms. The van der Waals surface area contributed by atoms with Gasteiger partial charge in [-0.3, -0.25) is 4.90 Å². The summed E-state index contributed by atoms with van der Waals surface area (Å²) in [6, 6.07) is 1.56. The Morgan fingerprint density at radius 2 is 1.30 bits per heavy atom. The Hall–Kier alpha value is -0.0800. The molecular formula is C18H35NO. The van der Waals surface area contributed by atoms with E-state index in [0.29, 0.717) is 0 Å². The van der Waals surface area contributed by atoms with Gasteiger partial charge in [0.25, 0.3) is 0 Å². The second-order valence-electron chi connectivity index (χ2n) is 7.92. The van der Waals surface area contributed by atoms with Crippen LogP contribution in [0.4, 0.5) is 0 Å². The van der Waals surface area contributed by atoms with E-state index in [1.165, 1.54) is 64.2 Å². The zero-order valence-corrected chi connectivity index (χ0v) is 13.9. The van der Waals surface area contributed by atoms with Crippen molar-refractivity contribution in [2.24, 2.45) is 5.41 Å². The molecule has 0 radical (unpaired) electrons. The first-order valence-corrected chi connectivity index (χ1v) is 8.94. The van der Waals surface area contributed by atoms with Gasteiger partial charge in [0.1, 0.15) is 0 Å². The molecule has 0 aromatic carbocycles. The first-order valence-electron chi connectivity index (χ1n) is 8.94. The normalized spacial score (nSPS) is 25.1. The van der Waals surface area contributed by atoms with Gasteiger partial charge in [-0.1, -0.05) is 52.4 Å². The molecule has 2 saturated carbocycles. The molecule has 2 heteroatoms. The molecule has 1 atom stereocenters. The van der Waals surface area contributed by atoms with E-state index < -0.39 is 0 Å². The maximum absolute atomic E-state index is 10.1. The average Bonchev–Trinajstić information content (AvgIpc) is 2.46. The van der Waals surface area contributed by atoms with Crippen LogP contribution in [0.15, 0.2) is 0 Å². The fraction of sp³-hybridized carbons (Fsp3) is 1.00. The van der Waals surface area contributed by atoms with Gasteiger partial charge in [-0.25, -0.2) is 0 Å². The zero-order chi connectivity index (χ0) is 14.6. The van der Waals surface area contributed by atoms with Gasteiger partial charge in [0.2, 0.25) is 0 Å². The van der Waals surface area contributed by atoms with Crippen molar-refractivity contribution in [1.29, 1.82) is 0 Å². The predicted octanol–water partition coefficient (Wildman–Crippen LogP) is 4.36. The van der Waals surface area contributed by atoms with Crippen molar-refractivity contribution in [2.45, 2.75) is 103 Å². The molecule has 2 fully saturated rings. The molecular weight excluding hydrogens is 246 g/mol. The second-order valence-corrected chi connectivity index (χ2v) is 7.92. The smallest absolute Gasteiger partial charge is 0.0575 e. The van der Waals surface area contributed by atoms with Crippen molar-refractivity contribution in [3.8, 4) is 0 Å². The summed E-state index contributed by atoms with van der Waals surface area (Å²) >= 11 is 0. The van der Waals surface area contributed by atoms with Crippen molar-refractivity contribution in [3.05, 3.63) is 0 Å². The van der Waals surface area contributed by atoms with Crippen LogP contribution in [-0.2, 0) is 0 Å². The van der Waals surface area contributed by atoms with Crippen LogP contribution in [0.1, 0.15) is 85.0 Å². The van der Waals surface area contributed by atoms with Gasteiger partial charge in [-0.2, -0.15) is 0 Å². The lowest BCUT2D eigenvalue weighted by Crippen LogP contribution is -2.51. The molecule has 0 saturated heterocycles. The van der Waals surface area contributed by atoms with Gasteiger partial charge in [0.15, 0.2) is 0 Å². The van der Waals surface area contributed by atoms with Gasteiger partial charge in [-0.05, 0) is 32.6 Å². The van der Waals surface area contributed by atoms with Crippen LogP contribution in [0.3, 0.4) is 0 Å². The lowest BCUT2D eigenvalue weighted by molar-refractivity contribution is -0.00965. The van der Waals surface area contributed by atoms with Crippen LogP contribution in [-0.4, -0.2) is 34.7 Å². The van der Waals surface area contributed by atoms with E-state index in [4.69, 9.17) is 0 Å². The van der Waals surface area contributed by atoms with Gasteiger partial charge in [0.05, 0.1) is 6.10 Å². The number of hydrogen-bond donors (Lipinski definition) is 1. The van der Waals surface area contributed by atoms with Crippen molar-refractivity contribution in [3.63, 3.8) is 0 Å². The van der Waals surface area contributed by atoms with Crippen LogP contribution >= 0.6 is 0 Å². The van der Waals surface area contributed by atoms with Gasteiger partial charge >= 0.3 is 0 Å². The minimum absolute atomic E-state index is 0.00882. The van der Waals surface area contributed by atoms with Crippen molar-refractivity contribution in [1.82, 2.24) is 4.90 Å². The second kappa shape index (κ2) is 7.26. The van der Waals surface area contributed by atoms with Crippen LogP contribution in [0.25, 0.3) is 0 Å². The SMILES string of the molecule is CC(O)C(C)(C)CN(C1CCCCC1)C1CCCCC1. The van der Waals surface area contributed by atoms with Gasteiger partial charge < -0.3 is 5.11 Å². The van der Waals surface area contributed by atoms with Crippen molar-refractivity contribution >= 4 is 0 Å². The van der Waals surface area contributed by atoms with Gasteiger partial charge in [0, 0.05) is 24.0 Å². The Morgan fingerprint density at radius 1 is 0.900 bits per heavy atom. The molecule has 0 aromatic heterocycles. The summed E-state index contributed by atoms with van der Waals surface area (Å²) in [5.41, 5.74) is 0.00882. The highest BCUT2D eigenvalue weighted by atomic mass is 16.3. The molecule has 118 valence electrons. The quantitative estimate of drug-likeness (QED) is 0.809.